The molecule has 1 saturated heterocycles. The molecular formula is C15H30N2O2. The summed E-state index contributed by atoms with van der Waals surface area (Å²) in [5.41, 5.74) is -0.424. The first-order chi connectivity index (χ1) is 8.79. The van der Waals surface area contributed by atoms with Gasteiger partial charge in [-0.25, -0.2) is 4.79 Å². The minimum atomic E-state index is -0.424. The van der Waals surface area contributed by atoms with Crippen LogP contribution >= 0.6 is 0 Å². The van der Waals surface area contributed by atoms with E-state index in [2.05, 4.69) is 24.5 Å². The molecule has 1 heterocycles. The Balaban J connectivity index is 2.46. The summed E-state index contributed by atoms with van der Waals surface area (Å²) in [6.45, 7) is 13.1. The summed E-state index contributed by atoms with van der Waals surface area (Å²) in [6.07, 6.45) is 2.02. The zero-order valence-electron chi connectivity index (χ0n) is 13.1. The van der Waals surface area contributed by atoms with E-state index in [1.807, 2.05) is 20.8 Å². The molecule has 0 aromatic rings. The van der Waals surface area contributed by atoms with Crippen molar-refractivity contribution >= 4 is 6.09 Å². The predicted molar refractivity (Wildman–Crippen MR) is 78.2 cm³/mol. The second kappa shape index (κ2) is 7.13. The van der Waals surface area contributed by atoms with Crippen LogP contribution in [0.4, 0.5) is 4.79 Å². The zero-order valence-corrected chi connectivity index (χ0v) is 13.1. The number of carbonyl (C=O) groups excluding carboxylic acids is 1. The molecule has 4 heteroatoms. The molecule has 0 aliphatic carbocycles. The molecule has 112 valence electrons. The number of alkyl carbamates (subject to hydrolysis) is 1. The first-order valence-electron chi connectivity index (χ1n) is 7.47. The van der Waals surface area contributed by atoms with Gasteiger partial charge in [-0.05, 0) is 64.5 Å². The molecule has 0 radical (unpaired) electrons. The van der Waals surface area contributed by atoms with E-state index in [9.17, 15) is 4.79 Å². The zero-order chi connectivity index (χ0) is 14.5. The highest BCUT2D eigenvalue weighted by Crippen LogP contribution is 2.28. The van der Waals surface area contributed by atoms with Crippen LogP contribution in [-0.2, 0) is 4.74 Å². The lowest BCUT2D eigenvalue weighted by atomic mass is 9.80. The van der Waals surface area contributed by atoms with Crippen molar-refractivity contribution in [3.05, 3.63) is 0 Å². The number of nitrogens with one attached hydrogen (secondary N) is 2. The van der Waals surface area contributed by atoms with E-state index in [-0.39, 0.29) is 6.09 Å². The van der Waals surface area contributed by atoms with Gasteiger partial charge in [0.1, 0.15) is 5.60 Å². The minimum Gasteiger partial charge on any atom is -0.444 e. The number of rotatable bonds is 3. The summed E-state index contributed by atoms with van der Waals surface area (Å²) in [7, 11) is 0. The Labute approximate surface area is 117 Å². The maximum atomic E-state index is 11.7. The molecule has 1 aliphatic heterocycles. The molecule has 0 spiro atoms. The summed E-state index contributed by atoms with van der Waals surface area (Å²) in [6, 6.07) is 0. The lowest BCUT2D eigenvalue weighted by molar-refractivity contribution is 0.0508. The van der Waals surface area contributed by atoms with E-state index < -0.39 is 5.60 Å². The predicted octanol–water partition coefficient (Wildman–Crippen LogP) is 2.78. The summed E-state index contributed by atoms with van der Waals surface area (Å²) in [4.78, 5) is 11.7. The summed E-state index contributed by atoms with van der Waals surface area (Å²) >= 11 is 0. The Morgan fingerprint density at radius 3 is 2.53 bits per heavy atom. The lowest BCUT2D eigenvalue weighted by Gasteiger charge is -2.29. The molecule has 0 aromatic carbocycles. The Morgan fingerprint density at radius 2 is 1.95 bits per heavy atom. The molecule has 0 aromatic heterocycles. The van der Waals surface area contributed by atoms with Crippen molar-refractivity contribution in [2.24, 2.45) is 17.8 Å². The van der Waals surface area contributed by atoms with Gasteiger partial charge >= 0.3 is 6.09 Å². The van der Waals surface area contributed by atoms with Crippen LogP contribution in [0, 0.1) is 17.8 Å². The van der Waals surface area contributed by atoms with Crippen molar-refractivity contribution in [1.29, 1.82) is 0 Å². The third-order valence-electron chi connectivity index (χ3n) is 3.72. The van der Waals surface area contributed by atoms with Gasteiger partial charge in [-0.15, -0.1) is 0 Å². The summed E-state index contributed by atoms with van der Waals surface area (Å²) in [5.74, 6) is 1.87. The summed E-state index contributed by atoms with van der Waals surface area (Å²) in [5, 5.41) is 6.38. The van der Waals surface area contributed by atoms with Crippen LogP contribution in [0.15, 0.2) is 0 Å². The third-order valence-corrected chi connectivity index (χ3v) is 3.72. The van der Waals surface area contributed by atoms with Gasteiger partial charge < -0.3 is 15.4 Å². The van der Waals surface area contributed by atoms with Crippen LogP contribution in [0.25, 0.3) is 0 Å². The smallest absolute Gasteiger partial charge is 0.407 e. The second-order valence-electron chi connectivity index (χ2n) is 6.88. The average Bonchev–Trinajstić information content (AvgIpc) is 2.48. The molecular weight excluding hydrogens is 240 g/mol. The lowest BCUT2D eigenvalue weighted by Crippen LogP contribution is -2.38. The highest BCUT2D eigenvalue weighted by molar-refractivity contribution is 5.67. The number of hydrogen-bond donors (Lipinski definition) is 2. The molecule has 1 amide bonds. The molecule has 0 saturated carbocycles. The monoisotopic (exact) mass is 270 g/mol. The average molecular weight is 270 g/mol. The Hall–Kier alpha value is -0.770. The highest BCUT2D eigenvalue weighted by atomic mass is 16.6. The first kappa shape index (κ1) is 16.3. The quantitative estimate of drug-likeness (QED) is 0.829. The molecule has 2 atom stereocenters. The van der Waals surface area contributed by atoms with Crippen molar-refractivity contribution in [2.45, 2.75) is 53.1 Å². The molecule has 1 rings (SSSR count). The van der Waals surface area contributed by atoms with Crippen molar-refractivity contribution < 1.29 is 9.53 Å². The van der Waals surface area contributed by atoms with Crippen LogP contribution in [0.2, 0.25) is 0 Å². The Kier molecular flexibility index (Phi) is 6.11. The number of amides is 1. The number of hydrogen-bond acceptors (Lipinski definition) is 3. The fraction of sp³-hybridized carbons (Fsp3) is 0.933. The van der Waals surface area contributed by atoms with Gasteiger partial charge in [0.25, 0.3) is 0 Å². The number of ether oxygens (including phenoxy) is 1. The standard InChI is InChI=1S/C15H30N2O2/c1-11(2)13-7-9-16-8-6-12(13)10-17-14(18)19-15(3,4)5/h11-13,16H,6-10H2,1-5H3,(H,17,18). The van der Waals surface area contributed by atoms with Crippen LogP contribution in [0.1, 0.15) is 47.5 Å². The van der Waals surface area contributed by atoms with Crippen molar-refractivity contribution in [3.63, 3.8) is 0 Å². The minimum absolute atomic E-state index is 0.299. The van der Waals surface area contributed by atoms with Crippen LogP contribution in [-0.4, -0.2) is 31.3 Å². The van der Waals surface area contributed by atoms with Crippen molar-refractivity contribution in [3.8, 4) is 0 Å². The first-order valence-corrected chi connectivity index (χ1v) is 7.47. The van der Waals surface area contributed by atoms with Crippen molar-refractivity contribution in [1.82, 2.24) is 10.6 Å². The Bertz CT molecular complexity index is 284. The summed E-state index contributed by atoms with van der Waals surface area (Å²) < 4.78 is 5.29. The van der Waals surface area contributed by atoms with Gasteiger partial charge in [0.15, 0.2) is 0 Å². The van der Waals surface area contributed by atoms with Gasteiger partial charge in [0.2, 0.25) is 0 Å². The van der Waals surface area contributed by atoms with Gasteiger partial charge in [-0.1, -0.05) is 13.8 Å². The van der Waals surface area contributed by atoms with Gasteiger partial charge in [-0.3, -0.25) is 0 Å². The van der Waals surface area contributed by atoms with Crippen LogP contribution in [0.3, 0.4) is 0 Å². The van der Waals surface area contributed by atoms with E-state index in [4.69, 9.17) is 4.74 Å². The Morgan fingerprint density at radius 1 is 1.32 bits per heavy atom. The topological polar surface area (TPSA) is 50.4 Å². The normalized spacial score (nSPS) is 24.9. The van der Waals surface area contributed by atoms with Gasteiger partial charge in [0.05, 0.1) is 0 Å². The fourth-order valence-electron chi connectivity index (χ4n) is 2.79. The largest absolute Gasteiger partial charge is 0.444 e. The van der Waals surface area contributed by atoms with Crippen molar-refractivity contribution in [2.75, 3.05) is 19.6 Å². The molecule has 2 N–H and O–H groups in total. The van der Waals surface area contributed by atoms with Gasteiger partial charge in [0, 0.05) is 6.54 Å². The number of carbonyl (C=O) groups is 1. The molecule has 4 nitrogen and oxygen atoms in total. The fourth-order valence-corrected chi connectivity index (χ4v) is 2.79. The third kappa shape index (κ3) is 6.28. The molecule has 1 aliphatic rings. The SMILES string of the molecule is CC(C)C1CCNCCC1CNC(=O)OC(C)(C)C. The van der Waals surface area contributed by atoms with Gasteiger partial charge in [-0.2, -0.15) is 0 Å². The van der Waals surface area contributed by atoms with E-state index in [0.29, 0.717) is 17.8 Å². The molecule has 0 bridgehead atoms. The maximum absolute atomic E-state index is 11.7. The van der Waals surface area contributed by atoms with E-state index in [0.717, 1.165) is 26.1 Å². The van der Waals surface area contributed by atoms with Crippen LogP contribution < -0.4 is 10.6 Å². The maximum Gasteiger partial charge on any atom is 0.407 e. The van der Waals surface area contributed by atoms with Crippen LogP contribution in [0.5, 0.6) is 0 Å². The second-order valence-corrected chi connectivity index (χ2v) is 6.88. The molecule has 19 heavy (non-hydrogen) atoms. The molecule has 1 fully saturated rings. The molecule has 2 unspecified atom stereocenters. The highest BCUT2D eigenvalue weighted by Gasteiger charge is 2.27. The van der Waals surface area contributed by atoms with E-state index >= 15 is 0 Å². The van der Waals surface area contributed by atoms with E-state index in [1.165, 1.54) is 6.42 Å². The van der Waals surface area contributed by atoms with E-state index in [1.54, 1.807) is 0 Å².